The van der Waals surface area contributed by atoms with Crippen LogP contribution in [0.1, 0.15) is 43.0 Å². The molecule has 0 unspecified atom stereocenters. The number of nitrogens with one attached hydrogen (secondary N) is 2. The van der Waals surface area contributed by atoms with Gasteiger partial charge in [0, 0.05) is 19.5 Å². The molecule has 1 heterocycles. The van der Waals surface area contributed by atoms with Crippen LogP contribution in [-0.2, 0) is 14.4 Å². The molecule has 28 heavy (non-hydrogen) atoms. The van der Waals surface area contributed by atoms with Crippen LogP contribution in [-0.4, -0.2) is 41.6 Å². The number of imide groups is 1. The third-order valence-electron chi connectivity index (χ3n) is 5.14. The monoisotopic (exact) mass is 383 g/mol. The molecule has 1 aliphatic heterocycles. The molecular formula is C21H25N3O4. The Morgan fingerprint density at radius 2 is 1.71 bits per heavy atom. The van der Waals surface area contributed by atoms with E-state index in [1.165, 1.54) is 4.90 Å². The molecule has 2 aliphatic rings. The van der Waals surface area contributed by atoms with Crippen LogP contribution in [0.4, 0.5) is 5.69 Å². The number of rotatable bonds is 7. The summed E-state index contributed by atoms with van der Waals surface area (Å²) in [5, 5.41) is 5.51. The van der Waals surface area contributed by atoms with Crippen LogP contribution in [0.5, 0.6) is 0 Å². The van der Waals surface area contributed by atoms with Gasteiger partial charge in [-0.3, -0.25) is 24.1 Å². The maximum absolute atomic E-state index is 12.5. The second-order valence-electron chi connectivity index (χ2n) is 7.08. The Kier molecular flexibility index (Phi) is 6.23. The van der Waals surface area contributed by atoms with E-state index in [2.05, 4.69) is 10.6 Å². The first-order valence-corrected chi connectivity index (χ1v) is 9.70. The molecule has 1 aromatic carbocycles. The van der Waals surface area contributed by atoms with Crippen LogP contribution in [0.15, 0.2) is 36.4 Å². The lowest BCUT2D eigenvalue weighted by atomic mass is 9.85. The van der Waals surface area contributed by atoms with Crippen molar-refractivity contribution < 1.29 is 19.2 Å². The maximum atomic E-state index is 12.5. The van der Waals surface area contributed by atoms with Crippen molar-refractivity contribution in [2.75, 3.05) is 18.4 Å². The van der Waals surface area contributed by atoms with Gasteiger partial charge >= 0.3 is 0 Å². The molecule has 2 atom stereocenters. The second-order valence-corrected chi connectivity index (χ2v) is 7.08. The summed E-state index contributed by atoms with van der Waals surface area (Å²) in [6.07, 6.45) is 5.84. The first-order chi connectivity index (χ1) is 13.5. The van der Waals surface area contributed by atoms with Crippen molar-refractivity contribution in [3.8, 4) is 0 Å². The highest BCUT2D eigenvalue weighted by molar-refractivity contribution is 6.06. The number of para-hydroxylation sites is 1. The Morgan fingerprint density at radius 3 is 2.36 bits per heavy atom. The lowest BCUT2D eigenvalue weighted by Gasteiger charge is -2.15. The fourth-order valence-corrected chi connectivity index (χ4v) is 3.64. The molecule has 2 N–H and O–H groups in total. The van der Waals surface area contributed by atoms with Crippen molar-refractivity contribution in [3.05, 3.63) is 42.0 Å². The molecule has 148 valence electrons. The van der Waals surface area contributed by atoms with Gasteiger partial charge in [0.2, 0.25) is 17.7 Å². The number of fused-ring (bicyclic) bond motifs is 1. The van der Waals surface area contributed by atoms with Gasteiger partial charge in [0.25, 0.3) is 5.91 Å². The van der Waals surface area contributed by atoms with Crippen LogP contribution < -0.4 is 10.6 Å². The minimum absolute atomic E-state index is 0.00470. The Balaban J connectivity index is 1.59. The molecule has 0 aromatic heterocycles. The molecule has 0 saturated carbocycles. The van der Waals surface area contributed by atoms with E-state index in [1.807, 2.05) is 19.1 Å². The molecule has 7 heteroatoms. The summed E-state index contributed by atoms with van der Waals surface area (Å²) in [6, 6.07) is 6.77. The van der Waals surface area contributed by atoms with Gasteiger partial charge in [0.15, 0.2) is 0 Å². The number of likely N-dealkylation sites (tertiary alicyclic amines) is 1. The normalized spacial score (nSPS) is 20.8. The zero-order valence-corrected chi connectivity index (χ0v) is 15.9. The van der Waals surface area contributed by atoms with E-state index in [9.17, 15) is 19.2 Å². The van der Waals surface area contributed by atoms with Crippen LogP contribution in [0.2, 0.25) is 0 Å². The van der Waals surface area contributed by atoms with Gasteiger partial charge in [-0.1, -0.05) is 31.2 Å². The van der Waals surface area contributed by atoms with Crippen LogP contribution in [0.3, 0.4) is 0 Å². The average Bonchev–Trinajstić information content (AvgIpc) is 2.95. The third-order valence-corrected chi connectivity index (χ3v) is 5.14. The Hall–Kier alpha value is -2.96. The molecule has 1 aromatic rings. The van der Waals surface area contributed by atoms with Crippen molar-refractivity contribution in [1.82, 2.24) is 10.2 Å². The third kappa shape index (κ3) is 4.13. The van der Waals surface area contributed by atoms with E-state index in [0.717, 1.165) is 6.42 Å². The van der Waals surface area contributed by atoms with Gasteiger partial charge in [-0.05, 0) is 31.4 Å². The lowest BCUT2D eigenvalue weighted by Crippen LogP contribution is -2.34. The molecule has 1 aliphatic carbocycles. The number of hydrogen-bond donors (Lipinski definition) is 2. The molecule has 7 nitrogen and oxygen atoms in total. The minimum Gasteiger partial charge on any atom is -0.352 e. The predicted molar refractivity (Wildman–Crippen MR) is 104 cm³/mol. The highest BCUT2D eigenvalue weighted by atomic mass is 16.2. The van der Waals surface area contributed by atoms with Crippen molar-refractivity contribution in [2.45, 2.75) is 32.6 Å². The fraction of sp³-hybridized carbons (Fsp3) is 0.429. The number of carbonyl (C=O) groups is 4. The Labute approximate surface area is 164 Å². The second kappa shape index (κ2) is 8.82. The number of hydrogen-bond acceptors (Lipinski definition) is 4. The summed E-state index contributed by atoms with van der Waals surface area (Å²) in [6.45, 7) is 2.57. The summed E-state index contributed by atoms with van der Waals surface area (Å²) >= 11 is 0. The van der Waals surface area contributed by atoms with Gasteiger partial charge in [-0.25, -0.2) is 0 Å². The first-order valence-electron chi connectivity index (χ1n) is 9.70. The molecular weight excluding hydrogens is 358 g/mol. The van der Waals surface area contributed by atoms with E-state index in [0.29, 0.717) is 30.6 Å². The first kappa shape index (κ1) is 19.8. The van der Waals surface area contributed by atoms with E-state index in [4.69, 9.17) is 0 Å². The van der Waals surface area contributed by atoms with Gasteiger partial charge in [0.1, 0.15) is 0 Å². The summed E-state index contributed by atoms with van der Waals surface area (Å²) in [7, 11) is 0. The van der Waals surface area contributed by atoms with Crippen LogP contribution >= 0.6 is 0 Å². The van der Waals surface area contributed by atoms with Gasteiger partial charge in [-0.2, -0.15) is 0 Å². The number of carbonyl (C=O) groups excluding carboxylic acids is 4. The summed E-state index contributed by atoms with van der Waals surface area (Å²) in [4.78, 5) is 50.7. The number of anilines is 1. The number of allylic oxidation sites excluding steroid dienone is 2. The zero-order chi connectivity index (χ0) is 20.1. The largest absolute Gasteiger partial charge is 0.352 e. The quantitative estimate of drug-likeness (QED) is 0.557. The van der Waals surface area contributed by atoms with E-state index in [-0.39, 0.29) is 48.4 Å². The number of amides is 4. The fourth-order valence-electron chi connectivity index (χ4n) is 3.64. The summed E-state index contributed by atoms with van der Waals surface area (Å²) in [5.41, 5.74) is 0.799. The molecule has 0 bridgehead atoms. The highest BCUT2D eigenvalue weighted by Crippen LogP contribution is 2.35. The molecule has 3 rings (SSSR count). The van der Waals surface area contributed by atoms with Gasteiger partial charge < -0.3 is 10.6 Å². The average molecular weight is 383 g/mol. The maximum Gasteiger partial charge on any atom is 0.253 e. The van der Waals surface area contributed by atoms with E-state index in [1.54, 1.807) is 24.3 Å². The van der Waals surface area contributed by atoms with E-state index >= 15 is 0 Å². The smallest absolute Gasteiger partial charge is 0.253 e. The van der Waals surface area contributed by atoms with Crippen molar-refractivity contribution in [3.63, 3.8) is 0 Å². The topological polar surface area (TPSA) is 95.6 Å². The molecule has 1 fully saturated rings. The summed E-state index contributed by atoms with van der Waals surface area (Å²) < 4.78 is 0. The highest BCUT2D eigenvalue weighted by Gasteiger charge is 2.46. The van der Waals surface area contributed by atoms with Crippen molar-refractivity contribution in [1.29, 1.82) is 0 Å². The molecule has 0 spiro atoms. The Bertz CT molecular complexity index is 792. The SMILES string of the molecule is CCCNC(=O)c1ccccc1NC(=O)CCN1C(=O)[C@H]2CC=CC[C@@H]2C1=O. The lowest BCUT2D eigenvalue weighted by molar-refractivity contribution is -0.140. The summed E-state index contributed by atoms with van der Waals surface area (Å²) in [5.74, 6) is -1.55. The van der Waals surface area contributed by atoms with E-state index < -0.39 is 0 Å². The van der Waals surface area contributed by atoms with Crippen LogP contribution in [0, 0.1) is 11.8 Å². The van der Waals surface area contributed by atoms with Crippen molar-refractivity contribution in [2.24, 2.45) is 11.8 Å². The van der Waals surface area contributed by atoms with Crippen LogP contribution in [0.25, 0.3) is 0 Å². The predicted octanol–water partition coefficient (Wildman–Crippen LogP) is 2.11. The standard InChI is InChI=1S/C21H25N3O4/c1-2-12-22-19(26)16-9-5-6-10-17(16)23-18(25)11-13-24-20(27)14-7-3-4-8-15(14)21(24)28/h3-6,9-10,14-15H,2,7-8,11-13H2,1H3,(H,22,26)(H,23,25)/t14-,15-/m0/s1. The number of nitrogens with zero attached hydrogens (tertiary/aromatic N) is 1. The molecule has 4 amide bonds. The number of benzene rings is 1. The Morgan fingerprint density at radius 1 is 1.07 bits per heavy atom. The molecule has 0 radical (unpaired) electrons. The molecule has 1 saturated heterocycles. The zero-order valence-electron chi connectivity index (χ0n) is 15.9. The van der Waals surface area contributed by atoms with Gasteiger partial charge in [-0.15, -0.1) is 0 Å². The van der Waals surface area contributed by atoms with Crippen molar-refractivity contribution >= 4 is 29.3 Å². The minimum atomic E-state index is -0.343. The van der Waals surface area contributed by atoms with Gasteiger partial charge in [0.05, 0.1) is 23.1 Å².